The fourth-order valence-electron chi connectivity index (χ4n) is 2.61. The van der Waals surface area contributed by atoms with Gasteiger partial charge in [0, 0.05) is 19.0 Å². The van der Waals surface area contributed by atoms with E-state index < -0.39 is 0 Å². The second-order valence-corrected chi connectivity index (χ2v) is 5.86. The molecule has 0 spiro atoms. The Morgan fingerprint density at radius 3 is 2.48 bits per heavy atom. The maximum atomic E-state index is 11.9. The minimum atomic E-state index is -0.179. The molecule has 2 aromatic carbocycles. The van der Waals surface area contributed by atoms with Crippen molar-refractivity contribution in [3.05, 3.63) is 48.3 Å². The third kappa shape index (κ3) is 5.13. The highest BCUT2D eigenvalue weighted by Crippen LogP contribution is 2.19. The average Bonchev–Trinajstić information content (AvgIpc) is 3.09. The number of hydrogen-bond donors (Lipinski definition) is 2. The number of nitrogens with zero attached hydrogens (tertiary/aromatic N) is 1. The topological polar surface area (TPSA) is 85.5 Å². The van der Waals surface area contributed by atoms with E-state index in [2.05, 4.69) is 15.3 Å². The van der Waals surface area contributed by atoms with Crippen LogP contribution in [0.15, 0.2) is 42.5 Å². The van der Waals surface area contributed by atoms with E-state index in [1.807, 2.05) is 37.3 Å². The molecule has 0 saturated carbocycles. The molecular formula is C20H23N3O4. The Kier molecular flexibility index (Phi) is 6.14. The number of rotatable bonds is 9. The first kappa shape index (κ1) is 18.6. The van der Waals surface area contributed by atoms with E-state index in [9.17, 15) is 4.79 Å². The second kappa shape index (κ2) is 8.93. The Hall–Kier alpha value is -3.22. The number of carbonyl (C=O) groups is 1. The number of benzene rings is 2. The van der Waals surface area contributed by atoms with E-state index in [0.717, 1.165) is 28.4 Å². The zero-order valence-corrected chi connectivity index (χ0v) is 15.5. The highest BCUT2D eigenvalue weighted by molar-refractivity contribution is 5.78. The Bertz CT molecular complexity index is 890. The number of hydrogen-bond acceptors (Lipinski definition) is 5. The molecule has 1 aromatic heterocycles. The molecule has 0 bridgehead atoms. The van der Waals surface area contributed by atoms with Gasteiger partial charge in [0.05, 0.1) is 24.8 Å². The average molecular weight is 369 g/mol. The third-order valence-corrected chi connectivity index (χ3v) is 3.93. The lowest BCUT2D eigenvalue weighted by molar-refractivity contribution is -0.123. The first-order chi connectivity index (χ1) is 13.2. The van der Waals surface area contributed by atoms with Crippen LogP contribution in [0.4, 0.5) is 0 Å². The number of H-pyrrole nitrogens is 1. The van der Waals surface area contributed by atoms with Crippen molar-refractivity contribution in [3.63, 3.8) is 0 Å². The van der Waals surface area contributed by atoms with Crippen LogP contribution in [-0.4, -0.2) is 42.7 Å². The van der Waals surface area contributed by atoms with Gasteiger partial charge in [0.15, 0.2) is 6.61 Å². The van der Waals surface area contributed by atoms with Crippen LogP contribution >= 0.6 is 0 Å². The molecule has 0 radical (unpaired) electrons. The minimum Gasteiger partial charge on any atom is -0.497 e. The number of methoxy groups -OCH3 is 1. The van der Waals surface area contributed by atoms with Crippen LogP contribution in [0, 0.1) is 0 Å². The summed E-state index contributed by atoms with van der Waals surface area (Å²) in [5.41, 5.74) is 1.78. The fraction of sp³-hybridized carbons (Fsp3) is 0.300. The first-order valence-electron chi connectivity index (χ1n) is 8.83. The Morgan fingerprint density at radius 2 is 1.78 bits per heavy atom. The zero-order valence-electron chi connectivity index (χ0n) is 15.5. The van der Waals surface area contributed by atoms with E-state index in [0.29, 0.717) is 25.3 Å². The summed E-state index contributed by atoms with van der Waals surface area (Å²) in [6.07, 6.45) is 0.603. The Balaban J connectivity index is 1.42. The third-order valence-electron chi connectivity index (χ3n) is 3.93. The summed E-state index contributed by atoms with van der Waals surface area (Å²) in [4.78, 5) is 19.7. The second-order valence-electron chi connectivity index (χ2n) is 5.86. The molecule has 7 heteroatoms. The molecule has 3 rings (SSSR count). The molecule has 0 aliphatic heterocycles. The molecule has 0 atom stereocenters. The van der Waals surface area contributed by atoms with Crippen molar-refractivity contribution in [2.75, 3.05) is 26.9 Å². The quantitative estimate of drug-likeness (QED) is 0.606. The van der Waals surface area contributed by atoms with Crippen molar-refractivity contribution in [1.29, 1.82) is 0 Å². The van der Waals surface area contributed by atoms with Gasteiger partial charge in [-0.1, -0.05) is 0 Å². The number of fused-ring (bicyclic) bond motifs is 1. The molecule has 1 amide bonds. The molecule has 1 heterocycles. The molecule has 2 N–H and O–H groups in total. The van der Waals surface area contributed by atoms with Gasteiger partial charge in [0.2, 0.25) is 0 Å². The highest BCUT2D eigenvalue weighted by Gasteiger charge is 2.06. The maximum absolute atomic E-state index is 11.9. The van der Waals surface area contributed by atoms with Crippen LogP contribution in [0.1, 0.15) is 12.7 Å². The predicted octanol–water partition coefficient (Wildman–Crippen LogP) is 2.71. The Labute approximate surface area is 157 Å². The van der Waals surface area contributed by atoms with Gasteiger partial charge in [-0.25, -0.2) is 4.98 Å². The van der Waals surface area contributed by atoms with Crippen molar-refractivity contribution in [2.24, 2.45) is 0 Å². The summed E-state index contributed by atoms with van der Waals surface area (Å²) in [6.45, 7) is 2.98. The van der Waals surface area contributed by atoms with Crippen LogP contribution in [0.5, 0.6) is 17.2 Å². The maximum Gasteiger partial charge on any atom is 0.257 e. The predicted molar refractivity (Wildman–Crippen MR) is 102 cm³/mol. The van der Waals surface area contributed by atoms with Crippen LogP contribution < -0.4 is 19.5 Å². The summed E-state index contributed by atoms with van der Waals surface area (Å²) in [5.74, 6) is 2.81. The minimum absolute atomic E-state index is 0.0364. The van der Waals surface area contributed by atoms with Crippen LogP contribution in [0.2, 0.25) is 0 Å². The molecule has 0 aliphatic carbocycles. The number of nitrogens with one attached hydrogen (secondary N) is 2. The monoisotopic (exact) mass is 369 g/mol. The number of ether oxygens (including phenoxy) is 3. The molecule has 142 valence electrons. The van der Waals surface area contributed by atoms with Crippen molar-refractivity contribution in [3.8, 4) is 17.2 Å². The van der Waals surface area contributed by atoms with Crippen LogP contribution in [-0.2, 0) is 11.2 Å². The van der Waals surface area contributed by atoms with Crippen molar-refractivity contribution in [2.45, 2.75) is 13.3 Å². The van der Waals surface area contributed by atoms with Gasteiger partial charge in [-0.05, 0) is 43.3 Å². The van der Waals surface area contributed by atoms with Gasteiger partial charge >= 0.3 is 0 Å². The van der Waals surface area contributed by atoms with Crippen LogP contribution in [0.3, 0.4) is 0 Å². The fourth-order valence-corrected chi connectivity index (χ4v) is 2.61. The van der Waals surface area contributed by atoms with E-state index in [-0.39, 0.29) is 12.5 Å². The SMILES string of the molecule is CCOc1ccc(OCC(=O)NCCc2nc3ccc(OC)cc3[nH]2)cc1. The van der Waals surface area contributed by atoms with E-state index in [1.165, 1.54) is 0 Å². The van der Waals surface area contributed by atoms with Gasteiger partial charge < -0.3 is 24.5 Å². The lowest BCUT2D eigenvalue weighted by Gasteiger charge is -2.08. The molecule has 0 aliphatic rings. The van der Waals surface area contributed by atoms with Gasteiger partial charge in [0.1, 0.15) is 23.1 Å². The number of amides is 1. The number of carbonyl (C=O) groups excluding carboxylic acids is 1. The van der Waals surface area contributed by atoms with Gasteiger partial charge in [-0.2, -0.15) is 0 Å². The zero-order chi connectivity index (χ0) is 19.1. The number of aromatic amines is 1. The van der Waals surface area contributed by atoms with Gasteiger partial charge in [-0.15, -0.1) is 0 Å². The molecule has 7 nitrogen and oxygen atoms in total. The summed E-state index contributed by atoms with van der Waals surface area (Å²) in [7, 11) is 1.63. The Morgan fingerprint density at radius 1 is 1.07 bits per heavy atom. The van der Waals surface area contributed by atoms with Crippen molar-refractivity contribution >= 4 is 16.9 Å². The summed E-state index contributed by atoms with van der Waals surface area (Å²) < 4.78 is 16.0. The first-order valence-corrected chi connectivity index (χ1v) is 8.83. The molecular weight excluding hydrogens is 346 g/mol. The molecule has 0 fully saturated rings. The summed E-state index contributed by atoms with van der Waals surface area (Å²) >= 11 is 0. The van der Waals surface area contributed by atoms with E-state index in [1.54, 1.807) is 19.2 Å². The number of imidazole rings is 1. The smallest absolute Gasteiger partial charge is 0.257 e. The molecule has 0 saturated heterocycles. The van der Waals surface area contributed by atoms with Gasteiger partial charge in [-0.3, -0.25) is 4.79 Å². The van der Waals surface area contributed by atoms with E-state index >= 15 is 0 Å². The lowest BCUT2D eigenvalue weighted by atomic mass is 10.3. The lowest BCUT2D eigenvalue weighted by Crippen LogP contribution is -2.30. The van der Waals surface area contributed by atoms with Crippen LogP contribution in [0.25, 0.3) is 11.0 Å². The normalized spacial score (nSPS) is 10.6. The molecule has 27 heavy (non-hydrogen) atoms. The highest BCUT2D eigenvalue weighted by atomic mass is 16.5. The van der Waals surface area contributed by atoms with E-state index in [4.69, 9.17) is 14.2 Å². The summed E-state index contributed by atoms with van der Waals surface area (Å²) in [5, 5.41) is 2.83. The molecule has 3 aromatic rings. The molecule has 0 unspecified atom stereocenters. The summed E-state index contributed by atoms with van der Waals surface area (Å²) in [6, 6.07) is 12.8. The van der Waals surface area contributed by atoms with Crippen molar-refractivity contribution in [1.82, 2.24) is 15.3 Å². The van der Waals surface area contributed by atoms with Crippen molar-refractivity contribution < 1.29 is 19.0 Å². The number of aromatic nitrogens is 2. The largest absolute Gasteiger partial charge is 0.497 e. The standard InChI is InChI=1S/C20H23N3O4/c1-3-26-14-4-6-15(7-5-14)27-13-20(24)21-11-10-19-22-17-9-8-16(25-2)12-18(17)23-19/h4-9,12H,3,10-11,13H2,1-2H3,(H,21,24)(H,22,23). The van der Waals surface area contributed by atoms with Gasteiger partial charge in [0.25, 0.3) is 5.91 Å².